The van der Waals surface area contributed by atoms with Crippen molar-refractivity contribution in [3.8, 4) is 17.1 Å². The summed E-state index contributed by atoms with van der Waals surface area (Å²) < 4.78 is 24.5. The summed E-state index contributed by atoms with van der Waals surface area (Å²) in [6, 6.07) is 4.69. The molecule has 0 fully saturated rings. The van der Waals surface area contributed by atoms with Gasteiger partial charge in [-0.2, -0.15) is 0 Å². The van der Waals surface area contributed by atoms with Crippen LogP contribution < -0.4 is 10.5 Å². The van der Waals surface area contributed by atoms with Gasteiger partial charge in [-0.3, -0.25) is 0 Å². The van der Waals surface area contributed by atoms with Gasteiger partial charge in [0.15, 0.2) is 17.3 Å². The van der Waals surface area contributed by atoms with Gasteiger partial charge < -0.3 is 15.0 Å². The maximum atomic E-state index is 13.9. The van der Waals surface area contributed by atoms with Crippen molar-refractivity contribution in [1.82, 2.24) is 5.16 Å². The van der Waals surface area contributed by atoms with Crippen molar-refractivity contribution in [3.05, 3.63) is 35.3 Å². The largest absolute Gasteiger partial charge is 0.488 e. The minimum absolute atomic E-state index is 0.0764. The molecule has 5 heteroatoms. The van der Waals surface area contributed by atoms with Crippen LogP contribution in [-0.2, 0) is 6.54 Å². The molecule has 2 aromatic rings. The zero-order valence-electron chi connectivity index (χ0n) is 11.2. The minimum atomic E-state index is -0.428. The Morgan fingerprint density at radius 3 is 2.74 bits per heavy atom. The smallest absolute Gasteiger partial charge is 0.171 e. The van der Waals surface area contributed by atoms with Crippen LogP contribution in [0.4, 0.5) is 4.39 Å². The van der Waals surface area contributed by atoms with Crippen molar-refractivity contribution in [3.63, 3.8) is 0 Å². The number of nitrogens with two attached hydrogens (primary N) is 1. The Kier molecular flexibility index (Phi) is 3.85. The van der Waals surface area contributed by atoms with Crippen molar-refractivity contribution in [1.29, 1.82) is 0 Å². The number of aromatic nitrogens is 1. The number of nitrogens with zero attached hydrogens (tertiary/aromatic N) is 1. The Bertz CT molecular complexity index is 579. The van der Waals surface area contributed by atoms with E-state index in [4.69, 9.17) is 15.0 Å². The number of benzene rings is 1. The maximum absolute atomic E-state index is 13.9. The number of hydrogen-bond donors (Lipinski definition) is 1. The van der Waals surface area contributed by atoms with Gasteiger partial charge in [0, 0.05) is 17.7 Å². The third-order valence-electron chi connectivity index (χ3n) is 2.75. The van der Waals surface area contributed by atoms with Crippen LogP contribution in [0, 0.1) is 12.7 Å². The molecule has 19 heavy (non-hydrogen) atoms. The van der Waals surface area contributed by atoms with Crippen LogP contribution in [0.15, 0.2) is 22.7 Å². The van der Waals surface area contributed by atoms with Gasteiger partial charge in [-0.05, 0) is 39.0 Å². The van der Waals surface area contributed by atoms with Gasteiger partial charge >= 0.3 is 0 Å². The first-order valence-electron chi connectivity index (χ1n) is 6.14. The highest BCUT2D eigenvalue weighted by atomic mass is 19.1. The van der Waals surface area contributed by atoms with Gasteiger partial charge in [-0.15, -0.1) is 0 Å². The summed E-state index contributed by atoms with van der Waals surface area (Å²) in [6.07, 6.45) is -0.0764. The Labute approximate surface area is 111 Å². The van der Waals surface area contributed by atoms with E-state index in [-0.39, 0.29) is 11.9 Å². The molecule has 0 unspecified atom stereocenters. The summed E-state index contributed by atoms with van der Waals surface area (Å²) in [7, 11) is 0. The number of halogens is 1. The van der Waals surface area contributed by atoms with Crippen LogP contribution in [0.5, 0.6) is 5.75 Å². The van der Waals surface area contributed by atoms with E-state index in [1.165, 1.54) is 6.07 Å². The normalized spacial score (nSPS) is 11.1. The molecule has 0 saturated carbocycles. The van der Waals surface area contributed by atoms with Gasteiger partial charge in [0.05, 0.1) is 11.8 Å². The Hall–Kier alpha value is -1.88. The van der Waals surface area contributed by atoms with E-state index >= 15 is 0 Å². The molecule has 0 aliphatic heterocycles. The highest BCUT2D eigenvalue weighted by molar-refractivity contribution is 5.63. The van der Waals surface area contributed by atoms with Crippen LogP contribution in [0.1, 0.15) is 25.1 Å². The molecule has 0 bridgehead atoms. The third kappa shape index (κ3) is 2.76. The van der Waals surface area contributed by atoms with Gasteiger partial charge in [0.25, 0.3) is 0 Å². The summed E-state index contributed by atoms with van der Waals surface area (Å²) in [6.45, 7) is 5.80. The molecule has 0 radical (unpaired) electrons. The van der Waals surface area contributed by atoms with Crippen molar-refractivity contribution in [2.45, 2.75) is 33.4 Å². The standard InChI is InChI=1S/C14H17FN2O2/c1-8(2)18-13-5-4-10(6-12(13)15)14-11(7-16)9(3)17-19-14/h4-6,8H,7,16H2,1-3H3. The van der Waals surface area contributed by atoms with Crippen molar-refractivity contribution < 1.29 is 13.7 Å². The van der Waals surface area contributed by atoms with Crippen LogP contribution >= 0.6 is 0 Å². The number of ether oxygens (including phenoxy) is 1. The number of rotatable bonds is 4. The Balaban J connectivity index is 2.39. The lowest BCUT2D eigenvalue weighted by atomic mass is 10.1. The van der Waals surface area contributed by atoms with Gasteiger partial charge in [-0.1, -0.05) is 5.16 Å². The number of hydrogen-bond acceptors (Lipinski definition) is 4. The molecule has 0 aliphatic rings. The molecule has 4 nitrogen and oxygen atoms in total. The predicted octanol–water partition coefficient (Wildman–Crippen LogP) is 3.04. The Morgan fingerprint density at radius 2 is 2.16 bits per heavy atom. The molecule has 0 aliphatic carbocycles. The quantitative estimate of drug-likeness (QED) is 0.922. The highest BCUT2D eigenvalue weighted by Gasteiger charge is 2.15. The summed E-state index contributed by atoms with van der Waals surface area (Å²) in [5.41, 5.74) is 7.77. The van der Waals surface area contributed by atoms with E-state index in [1.54, 1.807) is 12.1 Å². The van der Waals surface area contributed by atoms with Crippen LogP contribution in [0.3, 0.4) is 0 Å². The van der Waals surface area contributed by atoms with Crippen LogP contribution in [-0.4, -0.2) is 11.3 Å². The fourth-order valence-electron chi connectivity index (χ4n) is 1.85. The van der Waals surface area contributed by atoms with Gasteiger partial charge in [0.2, 0.25) is 0 Å². The molecular weight excluding hydrogens is 247 g/mol. The SMILES string of the molecule is Cc1noc(-c2ccc(OC(C)C)c(F)c2)c1CN. The average Bonchev–Trinajstić information content (AvgIpc) is 2.72. The van der Waals surface area contributed by atoms with E-state index in [1.807, 2.05) is 20.8 Å². The molecule has 2 rings (SSSR count). The summed E-state index contributed by atoms with van der Waals surface area (Å²) in [5, 5.41) is 3.86. The van der Waals surface area contributed by atoms with Crippen molar-refractivity contribution in [2.24, 2.45) is 5.73 Å². The average molecular weight is 264 g/mol. The molecule has 0 saturated heterocycles. The first kappa shape index (κ1) is 13.5. The second-order valence-electron chi connectivity index (χ2n) is 4.59. The fourth-order valence-corrected chi connectivity index (χ4v) is 1.85. The van der Waals surface area contributed by atoms with E-state index in [9.17, 15) is 4.39 Å². The molecule has 2 N–H and O–H groups in total. The van der Waals surface area contributed by atoms with E-state index < -0.39 is 5.82 Å². The second kappa shape index (κ2) is 5.40. The lowest BCUT2D eigenvalue weighted by molar-refractivity contribution is 0.231. The highest BCUT2D eigenvalue weighted by Crippen LogP contribution is 2.29. The minimum Gasteiger partial charge on any atom is -0.488 e. The topological polar surface area (TPSA) is 61.3 Å². The molecule has 0 amide bonds. The first-order valence-corrected chi connectivity index (χ1v) is 6.14. The fraction of sp³-hybridized carbons (Fsp3) is 0.357. The molecule has 102 valence electrons. The summed E-state index contributed by atoms with van der Waals surface area (Å²) in [4.78, 5) is 0. The predicted molar refractivity (Wildman–Crippen MR) is 70.3 cm³/mol. The maximum Gasteiger partial charge on any atom is 0.171 e. The lowest BCUT2D eigenvalue weighted by Crippen LogP contribution is -2.07. The summed E-state index contributed by atoms with van der Waals surface area (Å²) in [5.74, 6) is 0.308. The summed E-state index contributed by atoms with van der Waals surface area (Å²) >= 11 is 0. The zero-order chi connectivity index (χ0) is 14.0. The van der Waals surface area contributed by atoms with Crippen LogP contribution in [0.2, 0.25) is 0 Å². The first-order chi connectivity index (χ1) is 9.02. The van der Waals surface area contributed by atoms with E-state index in [0.717, 1.165) is 11.3 Å². The third-order valence-corrected chi connectivity index (χ3v) is 2.75. The number of aryl methyl sites for hydroxylation is 1. The lowest BCUT2D eigenvalue weighted by Gasteiger charge is -2.11. The molecular formula is C14H17FN2O2. The van der Waals surface area contributed by atoms with Gasteiger partial charge in [0.1, 0.15) is 0 Å². The van der Waals surface area contributed by atoms with Crippen molar-refractivity contribution in [2.75, 3.05) is 0 Å². The van der Waals surface area contributed by atoms with Gasteiger partial charge in [-0.25, -0.2) is 4.39 Å². The van der Waals surface area contributed by atoms with E-state index in [2.05, 4.69) is 5.16 Å². The second-order valence-corrected chi connectivity index (χ2v) is 4.59. The van der Waals surface area contributed by atoms with Crippen LogP contribution in [0.25, 0.3) is 11.3 Å². The molecule has 0 spiro atoms. The Morgan fingerprint density at radius 1 is 1.42 bits per heavy atom. The molecule has 1 aromatic heterocycles. The molecule has 1 heterocycles. The zero-order valence-corrected chi connectivity index (χ0v) is 11.2. The van der Waals surface area contributed by atoms with E-state index in [0.29, 0.717) is 17.9 Å². The molecule has 0 atom stereocenters. The molecule has 1 aromatic carbocycles. The monoisotopic (exact) mass is 264 g/mol. The van der Waals surface area contributed by atoms with Crippen molar-refractivity contribution >= 4 is 0 Å².